The fourth-order valence-corrected chi connectivity index (χ4v) is 3.51. The minimum atomic E-state index is -0.193. The molecular formula is C18H33N3O2S. The molecular weight excluding hydrogens is 322 g/mol. The first kappa shape index (κ1) is 21.0. The summed E-state index contributed by atoms with van der Waals surface area (Å²) in [6.07, 6.45) is 7.57. The first-order valence-corrected chi connectivity index (χ1v) is 10.3. The number of nitrogens with one attached hydrogen (secondary N) is 1. The molecule has 2 N–H and O–H groups in total. The molecule has 0 aliphatic rings. The standard InChI is InChI=1S/C18H33N3O2S/c1-4-7-8-9-10-11-12-15-16(22)19-18(20-17(15)23)24-14-13-21(5-2)6-3/h4-14H2,1-3H3,(H2,19,20,22,23). The van der Waals surface area contributed by atoms with Gasteiger partial charge in [0.15, 0.2) is 5.16 Å². The lowest BCUT2D eigenvalue weighted by atomic mass is 10.1. The van der Waals surface area contributed by atoms with Crippen LogP contribution in [0, 0.1) is 0 Å². The molecule has 0 aromatic carbocycles. The van der Waals surface area contributed by atoms with Crippen LogP contribution in [-0.4, -0.2) is 45.4 Å². The molecule has 0 saturated heterocycles. The zero-order valence-electron chi connectivity index (χ0n) is 15.4. The molecule has 24 heavy (non-hydrogen) atoms. The van der Waals surface area contributed by atoms with E-state index in [4.69, 9.17) is 0 Å². The number of hydrogen-bond donors (Lipinski definition) is 2. The average Bonchev–Trinajstić information content (AvgIpc) is 2.57. The Hall–Kier alpha value is -1.01. The molecule has 0 atom stereocenters. The molecule has 0 radical (unpaired) electrons. The van der Waals surface area contributed by atoms with Crippen LogP contribution in [0.3, 0.4) is 0 Å². The van der Waals surface area contributed by atoms with Gasteiger partial charge in [0.05, 0.1) is 5.56 Å². The summed E-state index contributed by atoms with van der Waals surface area (Å²) in [5, 5.41) is 10.6. The van der Waals surface area contributed by atoms with E-state index in [-0.39, 0.29) is 11.4 Å². The first-order valence-electron chi connectivity index (χ1n) is 9.29. The van der Waals surface area contributed by atoms with Gasteiger partial charge in [-0.3, -0.25) is 4.79 Å². The Morgan fingerprint density at radius 2 is 1.75 bits per heavy atom. The molecule has 0 amide bonds. The highest BCUT2D eigenvalue weighted by molar-refractivity contribution is 7.99. The number of aromatic hydroxyl groups is 1. The van der Waals surface area contributed by atoms with Gasteiger partial charge in [0.1, 0.15) is 0 Å². The van der Waals surface area contributed by atoms with Gasteiger partial charge in [0.25, 0.3) is 5.56 Å². The lowest BCUT2D eigenvalue weighted by molar-refractivity contribution is 0.324. The minimum Gasteiger partial charge on any atom is -0.493 e. The maximum Gasteiger partial charge on any atom is 0.258 e. The third-order valence-electron chi connectivity index (χ3n) is 4.29. The Bertz CT molecular complexity index is 515. The summed E-state index contributed by atoms with van der Waals surface area (Å²) in [6, 6.07) is 0. The Morgan fingerprint density at radius 3 is 2.38 bits per heavy atom. The van der Waals surface area contributed by atoms with Crippen LogP contribution >= 0.6 is 11.8 Å². The molecule has 6 heteroatoms. The number of aromatic nitrogens is 2. The topological polar surface area (TPSA) is 69.2 Å². The zero-order chi connectivity index (χ0) is 17.8. The van der Waals surface area contributed by atoms with Gasteiger partial charge in [-0.15, -0.1) is 0 Å². The number of H-pyrrole nitrogens is 1. The number of unbranched alkanes of at least 4 members (excludes halogenated alkanes) is 5. The Labute approximate surface area is 150 Å². The van der Waals surface area contributed by atoms with E-state index in [0.717, 1.165) is 38.2 Å². The highest BCUT2D eigenvalue weighted by Gasteiger charge is 2.11. The lowest BCUT2D eigenvalue weighted by Crippen LogP contribution is -2.25. The highest BCUT2D eigenvalue weighted by Crippen LogP contribution is 2.18. The summed E-state index contributed by atoms with van der Waals surface area (Å²) in [5.41, 5.74) is 0.236. The average molecular weight is 356 g/mol. The van der Waals surface area contributed by atoms with E-state index in [2.05, 4.69) is 35.6 Å². The molecule has 0 saturated carbocycles. The highest BCUT2D eigenvalue weighted by atomic mass is 32.2. The van der Waals surface area contributed by atoms with E-state index in [1.165, 1.54) is 37.4 Å². The summed E-state index contributed by atoms with van der Waals surface area (Å²) in [7, 11) is 0. The van der Waals surface area contributed by atoms with Gasteiger partial charge in [0.2, 0.25) is 5.88 Å². The van der Waals surface area contributed by atoms with Crippen molar-refractivity contribution in [3.05, 3.63) is 15.9 Å². The third-order valence-corrected chi connectivity index (χ3v) is 5.15. The Morgan fingerprint density at radius 1 is 1.08 bits per heavy atom. The van der Waals surface area contributed by atoms with Crippen molar-refractivity contribution in [2.24, 2.45) is 0 Å². The van der Waals surface area contributed by atoms with Crippen molar-refractivity contribution in [2.45, 2.75) is 70.9 Å². The summed E-state index contributed by atoms with van der Waals surface area (Å²) < 4.78 is 0. The molecule has 0 spiro atoms. The molecule has 0 fully saturated rings. The van der Waals surface area contributed by atoms with Crippen molar-refractivity contribution in [1.82, 2.24) is 14.9 Å². The minimum absolute atomic E-state index is 0.0994. The summed E-state index contributed by atoms with van der Waals surface area (Å²) >= 11 is 1.49. The van der Waals surface area contributed by atoms with Crippen molar-refractivity contribution >= 4 is 11.8 Å². The van der Waals surface area contributed by atoms with E-state index in [0.29, 0.717) is 17.1 Å². The van der Waals surface area contributed by atoms with E-state index in [9.17, 15) is 9.90 Å². The van der Waals surface area contributed by atoms with Crippen LogP contribution in [0.15, 0.2) is 9.95 Å². The fraction of sp³-hybridized carbons (Fsp3) is 0.778. The molecule has 138 valence electrons. The SMILES string of the molecule is CCCCCCCCc1c(O)nc(SCCN(CC)CC)[nH]c1=O. The van der Waals surface area contributed by atoms with Gasteiger partial charge < -0.3 is 15.0 Å². The van der Waals surface area contributed by atoms with Crippen LogP contribution in [0.5, 0.6) is 5.88 Å². The van der Waals surface area contributed by atoms with Crippen LogP contribution in [-0.2, 0) is 6.42 Å². The molecule has 0 aliphatic carbocycles. The van der Waals surface area contributed by atoms with Crippen molar-refractivity contribution in [1.29, 1.82) is 0 Å². The largest absolute Gasteiger partial charge is 0.493 e. The van der Waals surface area contributed by atoms with Gasteiger partial charge in [0, 0.05) is 12.3 Å². The van der Waals surface area contributed by atoms with Gasteiger partial charge in [-0.1, -0.05) is 64.6 Å². The zero-order valence-corrected chi connectivity index (χ0v) is 16.3. The molecule has 0 unspecified atom stereocenters. The van der Waals surface area contributed by atoms with E-state index in [1.807, 2.05) is 0 Å². The number of aromatic amines is 1. The number of thioether (sulfide) groups is 1. The first-order chi connectivity index (χ1) is 11.6. The van der Waals surface area contributed by atoms with E-state index >= 15 is 0 Å². The monoisotopic (exact) mass is 355 g/mol. The number of hydrogen-bond acceptors (Lipinski definition) is 5. The van der Waals surface area contributed by atoms with Crippen LogP contribution in [0.1, 0.15) is 64.9 Å². The number of rotatable bonds is 13. The number of nitrogens with zero attached hydrogens (tertiary/aromatic N) is 2. The van der Waals surface area contributed by atoms with Crippen molar-refractivity contribution in [3.63, 3.8) is 0 Å². The van der Waals surface area contributed by atoms with Crippen LogP contribution in [0.2, 0.25) is 0 Å². The van der Waals surface area contributed by atoms with Crippen molar-refractivity contribution in [3.8, 4) is 5.88 Å². The van der Waals surface area contributed by atoms with Gasteiger partial charge >= 0.3 is 0 Å². The Balaban J connectivity index is 2.46. The van der Waals surface area contributed by atoms with Crippen molar-refractivity contribution in [2.75, 3.05) is 25.4 Å². The van der Waals surface area contributed by atoms with Crippen LogP contribution in [0.25, 0.3) is 0 Å². The smallest absolute Gasteiger partial charge is 0.258 e. The molecule has 1 aromatic heterocycles. The van der Waals surface area contributed by atoms with Gasteiger partial charge in [-0.25, -0.2) is 0 Å². The second kappa shape index (κ2) is 12.4. The van der Waals surface area contributed by atoms with Gasteiger partial charge in [-0.2, -0.15) is 4.98 Å². The van der Waals surface area contributed by atoms with Crippen LogP contribution in [0.4, 0.5) is 0 Å². The normalized spacial score (nSPS) is 11.3. The molecule has 1 heterocycles. The summed E-state index contributed by atoms with van der Waals surface area (Å²) in [6.45, 7) is 9.45. The summed E-state index contributed by atoms with van der Waals surface area (Å²) in [5.74, 6) is 0.749. The maximum absolute atomic E-state index is 12.2. The predicted octanol–water partition coefficient (Wildman–Crippen LogP) is 3.81. The molecule has 5 nitrogen and oxygen atoms in total. The van der Waals surface area contributed by atoms with Crippen LogP contribution < -0.4 is 5.56 Å². The second-order valence-electron chi connectivity index (χ2n) is 6.07. The Kier molecular flexibility index (Phi) is 10.8. The lowest BCUT2D eigenvalue weighted by Gasteiger charge is -2.17. The van der Waals surface area contributed by atoms with Gasteiger partial charge in [-0.05, 0) is 25.9 Å². The molecule has 1 rings (SSSR count). The fourth-order valence-electron chi connectivity index (χ4n) is 2.65. The summed E-state index contributed by atoms with van der Waals surface area (Å²) in [4.78, 5) is 21.4. The van der Waals surface area contributed by atoms with Crippen molar-refractivity contribution < 1.29 is 5.11 Å². The molecule has 1 aromatic rings. The third kappa shape index (κ3) is 7.71. The second-order valence-corrected chi connectivity index (χ2v) is 7.15. The maximum atomic E-state index is 12.2. The van der Waals surface area contributed by atoms with E-state index in [1.54, 1.807) is 0 Å². The quantitative estimate of drug-likeness (QED) is 0.320. The predicted molar refractivity (Wildman–Crippen MR) is 102 cm³/mol. The van der Waals surface area contributed by atoms with E-state index < -0.39 is 0 Å². The molecule has 0 aliphatic heterocycles. The molecule has 0 bridgehead atoms.